The first kappa shape index (κ1) is 20.4. The predicted molar refractivity (Wildman–Crippen MR) is 125 cm³/mol. The van der Waals surface area contributed by atoms with E-state index < -0.39 is 0 Å². The summed E-state index contributed by atoms with van der Waals surface area (Å²) in [7, 11) is 0. The maximum Gasteiger partial charge on any atom is 0.163 e. The van der Waals surface area contributed by atoms with Crippen LogP contribution in [0, 0.1) is 11.6 Å². The Morgan fingerprint density at radius 1 is 0.812 bits per heavy atom. The van der Waals surface area contributed by atoms with Crippen LogP contribution in [0.15, 0.2) is 90.1 Å². The van der Waals surface area contributed by atoms with E-state index in [1.54, 1.807) is 36.0 Å². The largest absolute Gasteiger partial charge is 0.348 e. The summed E-state index contributed by atoms with van der Waals surface area (Å²) in [5, 5.41) is 0. The maximum absolute atomic E-state index is 14.8. The zero-order chi connectivity index (χ0) is 22.1. The molecule has 0 atom stereocenters. The van der Waals surface area contributed by atoms with Gasteiger partial charge in [-0.15, -0.1) is 11.8 Å². The number of halogens is 2. The van der Waals surface area contributed by atoms with Gasteiger partial charge in [0.15, 0.2) is 5.82 Å². The monoisotopic (exact) mass is 443 g/mol. The smallest absolute Gasteiger partial charge is 0.163 e. The summed E-state index contributed by atoms with van der Waals surface area (Å²) in [5.74, 6) is -0.246. The van der Waals surface area contributed by atoms with Crippen molar-refractivity contribution in [2.24, 2.45) is 0 Å². The highest BCUT2D eigenvalue weighted by Gasteiger charge is 2.15. The lowest BCUT2D eigenvalue weighted by Crippen LogP contribution is -2.01. The van der Waals surface area contributed by atoms with Crippen LogP contribution in [0.25, 0.3) is 33.9 Å². The minimum atomic E-state index is -0.352. The number of rotatable bonds is 5. The van der Waals surface area contributed by atoms with Gasteiger partial charge in [0, 0.05) is 29.4 Å². The Bertz CT molecular complexity index is 1360. The Labute approximate surface area is 189 Å². The summed E-state index contributed by atoms with van der Waals surface area (Å²) in [5.41, 5.74) is 4.00. The summed E-state index contributed by atoms with van der Waals surface area (Å²) < 4.78 is 30.8. The number of hydrogen-bond acceptors (Lipinski definition) is 3. The van der Waals surface area contributed by atoms with Gasteiger partial charge in [-0.25, -0.2) is 18.7 Å². The Morgan fingerprint density at radius 2 is 1.59 bits per heavy atom. The third-order valence-electron chi connectivity index (χ3n) is 5.34. The summed E-state index contributed by atoms with van der Waals surface area (Å²) in [6.45, 7) is 0.487. The number of benzene rings is 3. The zero-order valence-electron chi connectivity index (χ0n) is 17.3. The van der Waals surface area contributed by atoms with Crippen molar-refractivity contribution in [3.63, 3.8) is 0 Å². The van der Waals surface area contributed by atoms with Gasteiger partial charge in [-0.05, 0) is 53.8 Å². The average molecular weight is 444 g/mol. The molecule has 0 saturated carbocycles. The molecule has 2 aliphatic rings. The second kappa shape index (κ2) is 8.55. The molecule has 0 spiro atoms. The van der Waals surface area contributed by atoms with Crippen LogP contribution in [-0.2, 0) is 6.54 Å². The van der Waals surface area contributed by atoms with Gasteiger partial charge in [0.2, 0.25) is 0 Å². The van der Waals surface area contributed by atoms with Gasteiger partial charge < -0.3 is 4.57 Å². The molecule has 2 heterocycles. The lowest BCUT2D eigenvalue weighted by Gasteiger charge is -2.10. The maximum atomic E-state index is 14.8. The Kier molecular flexibility index (Phi) is 5.45. The van der Waals surface area contributed by atoms with Gasteiger partial charge in [0.05, 0.1) is 11.3 Å². The van der Waals surface area contributed by atoms with Crippen molar-refractivity contribution in [3.05, 3.63) is 102 Å². The van der Waals surface area contributed by atoms with Gasteiger partial charge in [0.25, 0.3) is 0 Å². The molecule has 5 rings (SSSR count). The molecule has 0 unspecified atom stereocenters. The van der Waals surface area contributed by atoms with Crippen LogP contribution >= 0.6 is 11.8 Å². The quantitative estimate of drug-likeness (QED) is 0.281. The van der Waals surface area contributed by atoms with Gasteiger partial charge in [-0.3, -0.25) is 0 Å². The van der Waals surface area contributed by atoms with E-state index in [1.165, 1.54) is 6.07 Å². The fraction of sp³-hybridized carbons (Fsp3) is 0.0769. The summed E-state index contributed by atoms with van der Waals surface area (Å²) in [6.07, 6.45) is 5.73. The van der Waals surface area contributed by atoms with Gasteiger partial charge >= 0.3 is 0 Å². The van der Waals surface area contributed by atoms with Crippen molar-refractivity contribution < 1.29 is 8.78 Å². The molecule has 0 N–H and O–H groups in total. The van der Waals surface area contributed by atoms with Crippen molar-refractivity contribution in [2.45, 2.75) is 11.4 Å². The fourth-order valence-electron chi connectivity index (χ4n) is 3.69. The van der Waals surface area contributed by atoms with Crippen molar-refractivity contribution in [1.82, 2.24) is 14.5 Å². The molecule has 3 nitrogen and oxygen atoms in total. The molecule has 6 heteroatoms. The van der Waals surface area contributed by atoms with E-state index in [-0.39, 0.29) is 11.6 Å². The van der Waals surface area contributed by atoms with E-state index in [0.717, 1.165) is 16.0 Å². The van der Waals surface area contributed by atoms with Crippen molar-refractivity contribution in [3.8, 4) is 33.9 Å². The number of fused-ring (bicyclic) bond motifs is 1. The van der Waals surface area contributed by atoms with Crippen LogP contribution in [-0.4, -0.2) is 20.8 Å². The van der Waals surface area contributed by atoms with E-state index in [9.17, 15) is 8.78 Å². The molecule has 3 aromatic carbocycles. The molecule has 0 bridgehead atoms. The first-order valence-electron chi connectivity index (χ1n) is 10.1. The summed E-state index contributed by atoms with van der Waals surface area (Å²) in [4.78, 5) is 10.1. The van der Waals surface area contributed by atoms with Crippen molar-refractivity contribution >= 4 is 11.8 Å². The minimum Gasteiger partial charge on any atom is -0.348 e. The molecule has 2 aliphatic heterocycles. The third-order valence-corrected chi connectivity index (χ3v) is 6.09. The molecule has 0 fully saturated rings. The van der Waals surface area contributed by atoms with E-state index in [4.69, 9.17) is 0 Å². The highest BCUT2D eigenvalue weighted by atomic mass is 32.2. The minimum absolute atomic E-state index is 0.254. The van der Waals surface area contributed by atoms with E-state index in [0.29, 0.717) is 34.9 Å². The molecule has 32 heavy (non-hydrogen) atoms. The Balaban J connectivity index is 1.40. The van der Waals surface area contributed by atoms with Crippen LogP contribution < -0.4 is 0 Å². The summed E-state index contributed by atoms with van der Waals surface area (Å²) in [6, 6.07) is 21.5. The molecule has 3 aromatic rings. The SMILES string of the molecule is CSc1ccc(-c2ccc(Cn3ccc4nc(-c5ccccc5F)nc-4c3)cc2F)cc1. The van der Waals surface area contributed by atoms with Crippen molar-refractivity contribution in [2.75, 3.05) is 6.26 Å². The molecule has 0 aliphatic carbocycles. The Hall–Kier alpha value is -3.51. The molecule has 0 aromatic heterocycles. The summed E-state index contributed by atoms with van der Waals surface area (Å²) >= 11 is 1.66. The molecule has 0 amide bonds. The van der Waals surface area contributed by atoms with Crippen LogP contribution in [0.1, 0.15) is 5.56 Å². The first-order valence-corrected chi connectivity index (χ1v) is 11.3. The van der Waals surface area contributed by atoms with E-state index in [1.807, 2.05) is 65.7 Å². The highest BCUT2D eigenvalue weighted by Crippen LogP contribution is 2.28. The normalized spacial score (nSPS) is 11.2. The number of nitrogens with zero attached hydrogens (tertiary/aromatic N) is 3. The van der Waals surface area contributed by atoms with Crippen LogP contribution in [0.2, 0.25) is 0 Å². The molecule has 158 valence electrons. The fourth-order valence-corrected chi connectivity index (χ4v) is 4.09. The van der Waals surface area contributed by atoms with E-state index in [2.05, 4.69) is 9.97 Å². The number of hydrogen-bond donors (Lipinski definition) is 0. The van der Waals surface area contributed by atoms with Gasteiger partial charge in [0.1, 0.15) is 17.3 Å². The number of aromatic nitrogens is 3. The number of thioether (sulfide) groups is 1. The number of pyridine rings is 1. The van der Waals surface area contributed by atoms with Crippen LogP contribution in [0.5, 0.6) is 0 Å². The first-order chi connectivity index (χ1) is 15.6. The third kappa shape index (κ3) is 4.01. The second-order valence-corrected chi connectivity index (χ2v) is 8.34. The van der Waals surface area contributed by atoms with E-state index >= 15 is 0 Å². The standard InChI is InChI=1S/C26H19F2N3S/c1-32-19-9-7-18(8-10-19)20-11-6-17(14-23(20)28)15-31-13-12-24-25(16-31)30-26(29-24)21-4-2-3-5-22(21)27/h2-14,16H,15H2,1H3. The predicted octanol–water partition coefficient (Wildman–Crippen LogP) is 6.77. The average Bonchev–Trinajstić information content (AvgIpc) is 3.23. The molecular formula is C26H19F2N3S. The van der Waals surface area contributed by atoms with Crippen LogP contribution in [0.3, 0.4) is 0 Å². The van der Waals surface area contributed by atoms with Gasteiger partial charge in [-0.2, -0.15) is 0 Å². The second-order valence-electron chi connectivity index (χ2n) is 7.46. The number of imidazole rings is 1. The molecule has 0 radical (unpaired) electrons. The zero-order valence-corrected chi connectivity index (χ0v) is 18.1. The lowest BCUT2D eigenvalue weighted by atomic mass is 10.0. The van der Waals surface area contributed by atoms with Crippen molar-refractivity contribution in [1.29, 1.82) is 0 Å². The topological polar surface area (TPSA) is 30.7 Å². The highest BCUT2D eigenvalue weighted by molar-refractivity contribution is 7.98. The Morgan fingerprint density at radius 3 is 2.34 bits per heavy atom. The lowest BCUT2D eigenvalue weighted by molar-refractivity contribution is 0.627. The van der Waals surface area contributed by atoms with Gasteiger partial charge in [-0.1, -0.05) is 36.4 Å². The molecule has 0 saturated heterocycles. The molecular weight excluding hydrogens is 424 g/mol. The van der Waals surface area contributed by atoms with Crippen LogP contribution in [0.4, 0.5) is 8.78 Å².